The van der Waals surface area contributed by atoms with Crippen LogP contribution in [0.3, 0.4) is 0 Å². The van der Waals surface area contributed by atoms with Gasteiger partial charge < -0.3 is 10.0 Å². The fraction of sp³-hybridized carbons (Fsp3) is 0.556. The minimum Gasteiger partial charge on any atom is -0.507 e. The number of phenols is 1. The van der Waals surface area contributed by atoms with Gasteiger partial charge in [-0.1, -0.05) is 48.0 Å². The second-order valence-corrected chi connectivity index (χ2v) is 11.3. The number of benzene rings is 1. The minimum atomic E-state index is -0.176. The second-order valence-electron chi connectivity index (χ2n) is 11.3. The van der Waals surface area contributed by atoms with Crippen molar-refractivity contribution in [2.24, 2.45) is 0 Å². The maximum absolute atomic E-state index is 11.1. The number of aromatic hydroxyl groups is 1. The Hall–Kier alpha value is -2.40. The number of hydrogen-bond donors (Lipinski definition) is 1. The molecule has 1 aliphatic rings. The molecular weight excluding hydrogens is 396 g/mol. The molecule has 0 bridgehead atoms. The van der Waals surface area contributed by atoms with Crippen LogP contribution in [-0.4, -0.2) is 44.4 Å². The monoisotopic (exact) mass is 434 g/mol. The smallest absolute Gasteiger partial charge is 0.158 e. The summed E-state index contributed by atoms with van der Waals surface area (Å²) in [4.78, 5) is 7.22. The Bertz CT molecular complexity index is 1060. The van der Waals surface area contributed by atoms with Gasteiger partial charge in [0, 0.05) is 34.8 Å². The predicted octanol–water partition coefficient (Wildman–Crippen LogP) is 5.88. The fourth-order valence-corrected chi connectivity index (χ4v) is 4.71. The topological polar surface area (TPSA) is 54.2 Å². The fourth-order valence-electron chi connectivity index (χ4n) is 4.71. The van der Waals surface area contributed by atoms with E-state index in [1.165, 1.54) is 32.4 Å². The molecule has 0 saturated carbocycles. The van der Waals surface area contributed by atoms with Crippen LogP contribution in [0.5, 0.6) is 5.75 Å². The Morgan fingerprint density at radius 3 is 2.12 bits per heavy atom. The van der Waals surface area contributed by atoms with Crippen molar-refractivity contribution in [1.29, 1.82) is 0 Å². The van der Waals surface area contributed by atoms with Gasteiger partial charge in [-0.2, -0.15) is 5.10 Å². The quantitative estimate of drug-likeness (QED) is 0.557. The maximum atomic E-state index is 11.1. The Kier molecular flexibility index (Phi) is 6.06. The van der Waals surface area contributed by atoms with Gasteiger partial charge in [0.1, 0.15) is 11.4 Å². The number of hydrogen-bond acceptors (Lipinski definition) is 4. The first-order valence-corrected chi connectivity index (χ1v) is 12.0. The van der Waals surface area contributed by atoms with Crippen molar-refractivity contribution in [3.63, 3.8) is 0 Å². The van der Waals surface area contributed by atoms with Crippen molar-refractivity contribution in [2.75, 3.05) is 19.6 Å². The van der Waals surface area contributed by atoms with Crippen LogP contribution in [0.15, 0.2) is 30.5 Å². The second kappa shape index (κ2) is 8.51. The molecule has 1 fully saturated rings. The first-order valence-electron chi connectivity index (χ1n) is 12.0. The van der Waals surface area contributed by atoms with Gasteiger partial charge in [-0.3, -0.25) is 0 Å². The molecule has 172 valence electrons. The first kappa shape index (κ1) is 22.8. The molecule has 1 aliphatic heterocycles. The van der Waals surface area contributed by atoms with E-state index in [1.54, 1.807) is 0 Å². The summed E-state index contributed by atoms with van der Waals surface area (Å²) in [5, 5.41) is 17.3. The number of fused-ring (bicyclic) bond motifs is 1. The molecule has 0 amide bonds. The first-order chi connectivity index (χ1) is 15.1. The molecule has 1 saturated heterocycles. The van der Waals surface area contributed by atoms with E-state index in [2.05, 4.69) is 74.3 Å². The van der Waals surface area contributed by atoms with E-state index < -0.39 is 0 Å². The lowest BCUT2D eigenvalue weighted by Crippen LogP contribution is -2.32. The van der Waals surface area contributed by atoms with Crippen LogP contribution < -0.4 is 0 Å². The highest BCUT2D eigenvalue weighted by Crippen LogP contribution is 2.42. The Morgan fingerprint density at radius 1 is 0.906 bits per heavy atom. The van der Waals surface area contributed by atoms with Crippen molar-refractivity contribution in [2.45, 2.75) is 78.2 Å². The molecule has 5 nitrogen and oxygen atoms in total. The van der Waals surface area contributed by atoms with E-state index in [-0.39, 0.29) is 10.8 Å². The third kappa shape index (κ3) is 4.54. The van der Waals surface area contributed by atoms with Gasteiger partial charge in [-0.25, -0.2) is 9.67 Å². The third-order valence-electron chi connectivity index (χ3n) is 6.58. The zero-order valence-corrected chi connectivity index (χ0v) is 20.6. The highest BCUT2D eigenvalue weighted by atomic mass is 16.3. The number of likely N-dealkylation sites (tertiary alicyclic amines) is 1. The highest BCUT2D eigenvalue weighted by Gasteiger charge is 2.28. The number of aromatic nitrogens is 3. The maximum Gasteiger partial charge on any atom is 0.158 e. The number of phenolic OH excluding ortho intramolecular Hbond substituents is 1. The van der Waals surface area contributed by atoms with Crippen molar-refractivity contribution in [3.8, 4) is 17.0 Å². The molecule has 32 heavy (non-hydrogen) atoms. The summed E-state index contributed by atoms with van der Waals surface area (Å²) >= 11 is 0. The predicted molar refractivity (Wildman–Crippen MR) is 132 cm³/mol. The van der Waals surface area contributed by atoms with Crippen molar-refractivity contribution in [3.05, 3.63) is 41.6 Å². The molecule has 3 aromatic rings. The minimum absolute atomic E-state index is 0.176. The summed E-state index contributed by atoms with van der Waals surface area (Å²) in [6.45, 7) is 17.1. The summed E-state index contributed by atoms with van der Waals surface area (Å²) < 4.78 is 2.07. The van der Waals surface area contributed by atoms with Crippen molar-refractivity contribution >= 4 is 11.0 Å². The van der Waals surface area contributed by atoms with E-state index >= 15 is 0 Å². The number of pyridine rings is 1. The van der Waals surface area contributed by atoms with Crippen LogP contribution in [0.4, 0.5) is 0 Å². The van der Waals surface area contributed by atoms with Crippen LogP contribution in [0.2, 0.25) is 0 Å². The van der Waals surface area contributed by atoms with Crippen LogP contribution in [0, 0.1) is 0 Å². The van der Waals surface area contributed by atoms with Gasteiger partial charge in [-0.15, -0.1) is 0 Å². The SMILES string of the molecule is CC(C)(C)c1cc(-c2nn(CCN3CCCCC3)c3ncccc23)cc(C(C)(C)C)c1O. The summed E-state index contributed by atoms with van der Waals surface area (Å²) in [6.07, 6.45) is 5.78. The summed E-state index contributed by atoms with van der Waals surface area (Å²) in [6, 6.07) is 8.34. The van der Waals surface area contributed by atoms with Crippen LogP contribution in [0.25, 0.3) is 22.3 Å². The standard InChI is InChI=1S/C27H38N4O/c1-26(2,3)21-17-19(18-22(24(21)32)27(4,5)6)23-20-11-10-12-28-25(20)31(29-23)16-15-30-13-8-7-9-14-30/h10-12,17-18,32H,7-9,13-16H2,1-6H3. The van der Waals surface area contributed by atoms with Gasteiger partial charge in [0.15, 0.2) is 5.65 Å². The molecule has 0 aliphatic carbocycles. The Balaban J connectivity index is 1.81. The van der Waals surface area contributed by atoms with E-state index in [1.807, 2.05) is 12.3 Å². The normalized spacial score (nSPS) is 16.1. The Labute approximate surface area is 192 Å². The molecule has 0 atom stereocenters. The van der Waals surface area contributed by atoms with E-state index in [0.717, 1.165) is 46.5 Å². The molecule has 0 spiro atoms. The molecular formula is C27H38N4O. The zero-order chi connectivity index (χ0) is 23.1. The van der Waals surface area contributed by atoms with Crippen molar-refractivity contribution in [1.82, 2.24) is 19.7 Å². The van der Waals surface area contributed by atoms with Crippen molar-refractivity contribution < 1.29 is 5.11 Å². The average Bonchev–Trinajstić information content (AvgIpc) is 3.10. The number of nitrogens with zero attached hydrogens (tertiary/aromatic N) is 4. The van der Waals surface area contributed by atoms with Crippen LogP contribution in [0.1, 0.15) is 71.9 Å². The Morgan fingerprint density at radius 2 is 1.53 bits per heavy atom. The summed E-state index contributed by atoms with van der Waals surface area (Å²) in [5.74, 6) is 0.403. The molecule has 4 rings (SSSR count). The molecule has 1 aromatic carbocycles. The lowest BCUT2D eigenvalue weighted by atomic mass is 9.78. The summed E-state index contributed by atoms with van der Waals surface area (Å²) in [7, 11) is 0. The van der Waals surface area contributed by atoms with Gasteiger partial charge in [-0.05, 0) is 61.0 Å². The highest BCUT2D eigenvalue weighted by molar-refractivity contribution is 5.91. The lowest BCUT2D eigenvalue weighted by Gasteiger charge is -2.28. The van der Waals surface area contributed by atoms with Gasteiger partial charge in [0.2, 0.25) is 0 Å². The van der Waals surface area contributed by atoms with E-state index in [0.29, 0.717) is 5.75 Å². The molecule has 1 N–H and O–H groups in total. The molecule has 3 heterocycles. The van der Waals surface area contributed by atoms with Crippen LogP contribution in [-0.2, 0) is 17.4 Å². The zero-order valence-electron chi connectivity index (χ0n) is 20.6. The van der Waals surface area contributed by atoms with Gasteiger partial charge >= 0.3 is 0 Å². The largest absolute Gasteiger partial charge is 0.507 e. The lowest BCUT2D eigenvalue weighted by molar-refractivity contribution is 0.219. The molecule has 5 heteroatoms. The van der Waals surface area contributed by atoms with E-state index in [9.17, 15) is 5.11 Å². The molecule has 0 radical (unpaired) electrons. The molecule has 2 aromatic heterocycles. The van der Waals surface area contributed by atoms with Gasteiger partial charge in [0.25, 0.3) is 0 Å². The van der Waals surface area contributed by atoms with Crippen LogP contribution >= 0.6 is 0 Å². The third-order valence-corrected chi connectivity index (χ3v) is 6.58. The number of rotatable bonds is 4. The molecule has 0 unspecified atom stereocenters. The van der Waals surface area contributed by atoms with E-state index in [4.69, 9.17) is 5.10 Å². The summed E-state index contributed by atoms with van der Waals surface area (Å²) in [5.41, 5.74) is 4.49. The number of piperidine rings is 1. The average molecular weight is 435 g/mol. The van der Waals surface area contributed by atoms with Gasteiger partial charge in [0.05, 0.1) is 6.54 Å².